The number of aryl methyl sites for hydroxylation is 1. The Balaban J connectivity index is 1.34. The zero-order valence-electron chi connectivity index (χ0n) is 16.5. The van der Waals surface area contributed by atoms with Gasteiger partial charge in [0.1, 0.15) is 0 Å². The van der Waals surface area contributed by atoms with Crippen LogP contribution < -0.4 is 0 Å². The normalized spacial score (nSPS) is 22.6. The third-order valence-corrected chi connectivity index (χ3v) is 5.95. The largest absolute Gasteiger partial charge is 0.416 e. The molecule has 1 aliphatic heterocycles. The zero-order chi connectivity index (χ0) is 20.6. The Morgan fingerprint density at radius 1 is 1.03 bits per heavy atom. The lowest BCUT2D eigenvalue weighted by molar-refractivity contribution is -0.139. The third-order valence-electron chi connectivity index (χ3n) is 5.95. The van der Waals surface area contributed by atoms with E-state index in [1.54, 1.807) is 6.07 Å². The summed E-state index contributed by atoms with van der Waals surface area (Å²) in [4.78, 5) is 17.0. The molecule has 29 heavy (non-hydrogen) atoms. The highest BCUT2D eigenvalue weighted by molar-refractivity contribution is 5.83. The van der Waals surface area contributed by atoms with E-state index in [1.165, 1.54) is 23.3 Å². The van der Waals surface area contributed by atoms with Crippen molar-refractivity contribution in [3.05, 3.63) is 70.8 Å². The summed E-state index contributed by atoms with van der Waals surface area (Å²) in [5.74, 6) is -0.630. The van der Waals surface area contributed by atoms with Crippen LogP contribution in [-0.4, -0.2) is 41.9 Å². The quantitative estimate of drug-likeness (QED) is 0.754. The summed E-state index contributed by atoms with van der Waals surface area (Å²) in [6, 6.07) is 14.1. The van der Waals surface area contributed by atoms with Gasteiger partial charge in [0.15, 0.2) is 0 Å². The number of carbonyl (C=O) groups excluding carboxylic acids is 1. The fourth-order valence-corrected chi connectivity index (χ4v) is 4.32. The van der Waals surface area contributed by atoms with Gasteiger partial charge in [-0.25, -0.2) is 0 Å². The molecule has 0 aromatic heterocycles. The molecule has 2 aromatic carbocycles. The summed E-state index contributed by atoms with van der Waals surface area (Å²) < 4.78 is 39.8. The van der Waals surface area contributed by atoms with E-state index in [9.17, 15) is 18.0 Å². The van der Waals surface area contributed by atoms with Crippen LogP contribution in [0.2, 0.25) is 0 Å². The Morgan fingerprint density at radius 2 is 1.76 bits per heavy atom. The fraction of sp³-hybridized carbons (Fsp3) is 0.435. The minimum Gasteiger partial charge on any atom is -0.340 e. The molecule has 1 saturated heterocycles. The highest BCUT2D eigenvalue weighted by Gasteiger charge is 2.49. The minimum absolute atomic E-state index is 0.00202. The third kappa shape index (κ3) is 4.47. The number of benzene rings is 2. The smallest absolute Gasteiger partial charge is 0.340 e. The van der Waals surface area contributed by atoms with Gasteiger partial charge in [-0.15, -0.1) is 0 Å². The molecule has 2 unspecified atom stereocenters. The van der Waals surface area contributed by atoms with Gasteiger partial charge in [0.2, 0.25) is 5.91 Å². The first-order valence-electron chi connectivity index (χ1n) is 10.1. The number of nitrogens with zero attached hydrogens (tertiary/aromatic N) is 2. The lowest BCUT2D eigenvalue weighted by Gasteiger charge is -2.35. The average molecular weight is 402 g/mol. The lowest BCUT2D eigenvalue weighted by atomic mass is 10.0. The average Bonchev–Trinajstić information content (AvgIpc) is 3.48. The van der Waals surface area contributed by atoms with Gasteiger partial charge in [0.25, 0.3) is 0 Å². The van der Waals surface area contributed by atoms with Crippen molar-refractivity contribution in [2.24, 2.45) is 5.92 Å². The van der Waals surface area contributed by atoms with Crippen molar-refractivity contribution in [3.63, 3.8) is 0 Å². The molecule has 2 fully saturated rings. The van der Waals surface area contributed by atoms with Crippen molar-refractivity contribution in [1.29, 1.82) is 0 Å². The molecule has 2 aliphatic rings. The van der Waals surface area contributed by atoms with Gasteiger partial charge in [-0.1, -0.05) is 48.0 Å². The number of carbonyl (C=O) groups is 1. The van der Waals surface area contributed by atoms with Crippen LogP contribution in [0.3, 0.4) is 0 Å². The first kappa shape index (κ1) is 20.0. The topological polar surface area (TPSA) is 23.6 Å². The Labute approximate surface area is 169 Å². The molecular weight excluding hydrogens is 377 g/mol. The van der Waals surface area contributed by atoms with Gasteiger partial charge in [-0.05, 0) is 36.5 Å². The number of alkyl halides is 3. The first-order valence-corrected chi connectivity index (χ1v) is 10.1. The van der Waals surface area contributed by atoms with Crippen LogP contribution in [0.1, 0.15) is 34.6 Å². The Bertz CT molecular complexity index is 888. The van der Waals surface area contributed by atoms with Gasteiger partial charge in [-0.2, -0.15) is 13.2 Å². The molecule has 0 bridgehead atoms. The molecule has 0 radical (unpaired) electrons. The predicted molar refractivity (Wildman–Crippen MR) is 105 cm³/mol. The summed E-state index contributed by atoms with van der Waals surface area (Å²) in [7, 11) is 0. The molecule has 1 heterocycles. The molecule has 1 saturated carbocycles. The van der Waals surface area contributed by atoms with Gasteiger partial charge in [0.05, 0.1) is 5.56 Å². The monoisotopic (exact) mass is 402 g/mol. The van der Waals surface area contributed by atoms with E-state index < -0.39 is 11.7 Å². The fourth-order valence-electron chi connectivity index (χ4n) is 4.32. The van der Waals surface area contributed by atoms with E-state index in [4.69, 9.17) is 0 Å². The second-order valence-electron chi connectivity index (χ2n) is 8.12. The number of rotatable bonds is 4. The van der Waals surface area contributed by atoms with Crippen molar-refractivity contribution in [3.8, 4) is 0 Å². The molecule has 154 valence electrons. The maximum absolute atomic E-state index is 13.3. The van der Waals surface area contributed by atoms with Crippen molar-refractivity contribution in [2.45, 2.75) is 32.0 Å². The highest BCUT2D eigenvalue weighted by Crippen LogP contribution is 2.51. The Kier molecular flexibility index (Phi) is 5.38. The molecule has 2 atom stereocenters. The van der Waals surface area contributed by atoms with Crippen molar-refractivity contribution in [2.75, 3.05) is 26.2 Å². The summed E-state index contributed by atoms with van der Waals surface area (Å²) in [6.45, 7) is 5.77. The molecule has 0 spiro atoms. The molecule has 1 amide bonds. The number of hydrogen-bond acceptors (Lipinski definition) is 2. The zero-order valence-corrected chi connectivity index (χ0v) is 16.5. The summed E-state index contributed by atoms with van der Waals surface area (Å²) in [5, 5.41) is 0. The van der Waals surface area contributed by atoms with Crippen LogP contribution in [0.5, 0.6) is 0 Å². The van der Waals surface area contributed by atoms with Gasteiger partial charge in [0, 0.05) is 38.6 Å². The van der Waals surface area contributed by atoms with Crippen molar-refractivity contribution < 1.29 is 18.0 Å². The van der Waals surface area contributed by atoms with E-state index in [1.807, 2.05) is 4.90 Å². The molecule has 2 aromatic rings. The van der Waals surface area contributed by atoms with Crippen LogP contribution >= 0.6 is 0 Å². The molecule has 0 N–H and O–H groups in total. The maximum Gasteiger partial charge on any atom is 0.416 e. The maximum atomic E-state index is 13.3. The van der Waals surface area contributed by atoms with E-state index in [-0.39, 0.29) is 23.3 Å². The van der Waals surface area contributed by atoms with Crippen LogP contribution in [-0.2, 0) is 17.5 Å². The molecule has 3 nitrogen and oxygen atoms in total. The van der Waals surface area contributed by atoms with Crippen molar-refractivity contribution >= 4 is 5.91 Å². The summed E-state index contributed by atoms with van der Waals surface area (Å²) >= 11 is 0. The molecule has 4 rings (SSSR count). The Hall–Kier alpha value is -2.34. The van der Waals surface area contributed by atoms with Gasteiger partial charge < -0.3 is 4.90 Å². The van der Waals surface area contributed by atoms with E-state index in [0.717, 1.165) is 25.7 Å². The van der Waals surface area contributed by atoms with Crippen molar-refractivity contribution in [1.82, 2.24) is 9.80 Å². The first-order chi connectivity index (χ1) is 13.8. The number of halogens is 3. The van der Waals surface area contributed by atoms with E-state index >= 15 is 0 Å². The van der Waals surface area contributed by atoms with Gasteiger partial charge in [-0.3, -0.25) is 9.69 Å². The molecule has 1 aliphatic carbocycles. The van der Waals surface area contributed by atoms with Crippen LogP contribution in [0, 0.1) is 12.8 Å². The summed E-state index contributed by atoms with van der Waals surface area (Å²) in [6.07, 6.45) is -3.87. The SMILES string of the molecule is Cc1cccc(CN2CCN(C(=O)C3CC3c3ccccc3C(F)(F)F)CC2)c1. The van der Waals surface area contributed by atoms with Crippen LogP contribution in [0.25, 0.3) is 0 Å². The Morgan fingerprint density at radius 3 is 2.45 bits per heavy atom. The number of hydrogen-bond donors (Lipinski definition) is 0. The highest BCUT2D eigenvalue weighted by atomic mass is 19.4. The molecular formula is C23H25F3N2O. The van der Waals surface area contributed by atoms with Crippen LogP contribution in [0.4, 0.5) is 13.2 Å². The predicted octanol–water partition coefficient (Wildman–Crippen LogP) is 4.46. The summed E-state index contributed by atoms with van der Waals surface area (Å²) in [5.41, 5.74) is 2.14. The number of amides is 1. The lowest BCUT2D eigenvalue weighted by Crippen LogP contribution is -2.48. The number of piperazine rings is 1. The van der Waals surface area contributed by atoms with Gasteiger partial charge >= 0.3 is 6.18 Å². The second-order valence-corrected chi connectivity index (χ2v) is 8.12. The van der Waals surface area contributed by atoms with E-state index in [2.05, 4.69) is 36.1 Å². The van der Waals surface area contributed by atoms with Crippen LogP contribution in [0.15, 0.2) is 48.5 Å². The standard InChI is InChI=1S/C23H25F3N2O/c1-16-5-4-6-17(13-16)15-27-9-11-28(12-10-27)22(29)20-14-19(20)18-7-2-3-8-21(18)23(24,25)26/h2-8,13,19-20H,9-12,14-15H2,1H3. The van der Waals surface area contributed by atoms with E-state index in [0.29, 0.717) is 19.5 Å². The minimum atomic E-state index is -4.38. The molecule has 6 heteroatoms. The second kappa shape index (κ2) is 7.82.